The highest BCUT2D eigenvalue weighted by molar-refractivity contribution is 5.22. The van der Waals surface area contributed by atoms with Crippen LogP contribution >= 0.6 is 0 Å². The molecular formula is C13H13NO2. The highest BCUT2D eigenvalue weighted by Gasteiger charge is 2.06. The zero-order valence-electron chi connectivity index (χ0n) is 9.00. The Labute approximate surface area is 93.6 Å². The molecule has 1 aromatic heterocycles. The van der Waals surface area contributed by atoms with Crippen LogP contribution in [-0.4, -0.2) is 9.67 Å². The Morgan fingerprint density at radius 2 is 1.88 bits per heavy atom. The van der Waals surface area contributed by atoms with E-state index in [2.05, 4.69) is 0 Å². The molecule has 3 heteroatoms. The predicted octanol–water partition coefficient (Wildman–Crippen LogP) is 2.16. The standard InChI is InChI=1S/C13H13NO2/c1-10(11-5-3-2-4-6-11)14-8-7-12(15)13(16)9-14/h2-10,16H,1H3. The van der Waals surface area contributed by atoms with Crippen LogP contribution in [0.5, 0.6) is 5.75 Å². The molecule has 0 aliphatic rings. The molecule has 3 nitrogen and oxygen atoms in total. The Kier molecular flexibility index (Phi) is 2.77. The third kappa shape index (κ3) is 1.98. The Morgan fingerprint density at radius 1 is 1.19 bits per heavy atom. The molecule has 2 rings (SSSR count). The van der Waals surface area contributed by atoms with Crippen LogP contribution in [0.25, 0.3) is 0 Å². The second-order valence-corrected chi connectivity index (χ2v) is 3.73. The van der Waals surface area contributed by atoms with Crippen molar-refractivity contribution in [3.8, 4) is 5.75 Å². The van der Waals surface area contributed by atoms with Gasteiger partial charge in [-0.15, -0.1) is 0 Å². The Balaban J connectivity index is 2.38. The number of pyridine rings is 1. The van der Waals surface area contributed by atoms with E-state index in [1.807, 2.05) is 41.8 Å². The summed E-state index contributed by atoms with van der Waals surface area (Å²) in [7, 11) is 0. The summed E-state index contributed by atoms with van der Waals surface area (Å²) in [6, 6.07) is 11.4. The van der Waals surface area contributed by atoms with E-state index in [1.54, 1.807) is 6.20 Å². The molecule has 1 atom stereocenters. The first-order valence-corrected chi connectivity index (χ1v) is 5.14. The zero-order valence-corrected chi connectivity index (χ0v) is 9.00. The molecule has 1 unspecified atom stereocenters. The molecule has 0 aliphatic carbocycles. The molecule has 1 N–H and O–H groups in total. The summed E-state index contributed by atoms with van der Waals surface area (Å²) in [5, 5.41) is 9.36. The van der Waals surface area contributed by atoms with Gasteiger partial charge in [-0.25, -0.2) is 0 Å². The quantitative estimate of drug-likeness (QED) is 0.834. The van der Waals surface area contributed by atoms with Crippen LogP contribution in [0.3, 0.4) is 0 Å². The normalized spacial score (nSPS) is 12.3. The molecule has 0 spiro atoms. The lowest BCUT2D eigenvalue weighted by molar-refractivity contribution is 0.457. The van der Waals surface area contributed by atoms with Gasteiger partial charge in [-0.2, -0.15) is 0 Å². The van der Waals surface area contributed by atoms with Gasteiger partial charge in [0.05, 0.1) is 12.2 Å². The van der Waals surface area contributed by atoms with Crippen molar-refractivity contribution in [2.75, 3.05) is 0 Å². The third-order valence-electron chi connectivity index (χ3n) is 2.65. The molecule has 0 saturated heterocycles. The summed E-state index contributed by atoms with van der Waals surface area (Å²) in [5.41, 5.74) is 0.780. The van der Waals surface area contributed by atoms with Crippen molar-refractivity contribution in [3.63, 3.8) is 0 Å². The van der Waals surface area contributed by atoms with Crippen molar-refractivity contribution in [3.05, 3.63) is 64.6 Å². The number of hydrogen-bond acceptors (Lipinski definition) is 2. The molecule has 0 saturated carbocycles. The van der Waals surface area contributed by atoms with Crippen molar-refractivity contribution < 1.29 is 5.11 Å². The molecule has 1 heterocycles. The van der Waals surface area contributed by atoms with Crippen LogP contribution in [0.2, 0.25) is 0 Å². The lowest BCUT2D eigenvalue weighted by Gasteiger charge is -2.16. The fraction of sp³-hybridized carbons (Fsp3) is 0.154. The van der Waals surface area contributed by atoms with Crippen LogP contribution in [-0.2, 0) is 0 Å². The maximum absolute atomic E-state index is 11.1. The fourth-order valence-electron chi connectivity index (χ4n) is 1.63. The van der Waals surface area contributed by atoms with Crippen molar-refractivity contribution in [2.45, 2.75) is 13.0 Å². The summed E-state index contributed by atoms with van der Waals surface area (Å²) in [6.07, 6.45) is 3.14. The van der Waals surface area contributed by atoms with E-state index < -0.39 is 0 Å². The Hall–Kier alpha value is -2.03. The number of hydrogen-bond donors (Lipinski definition) is 1. The third-order valence-corrected chi connectivity index (χ3v) is 2.65. The number of rotatable bonds is 2. The van der Waals surface area contributed by atoms with Gasteiger partial charge in [-0.3, -0.25) is 4.79 Å². The highest BCUT2D eigenvalue weighted by Crippen LogP contribution is 2.17. The monoisotopic (exact) mass is 215 g/mol. The first-order chi connectivity index (χ1) is 7.68. The second kappa shape index (κ2) is 4.23. The molecule has 1 aromatic carbocycles. The summed E-state index contributed by atoms with van der Waals surface area (Å²) >= 11 is 0. The van der Waals surface area contributed by atoms with Crippen molar-refractivity contribution >= 4 is 0 Å². The van der Waals surface area contributed by atoms with Gasteiger partial charge >= 0.3 is 0 Å². The predicted molar refractivity (Wildman–Crippen MR) is 62.6 cm³/mol. The van der Waals surface area contributed by atoms with E-state index in [0.717, 1.165) is 5.56 Å². The zero-order chi connectivity index (χ0) is 11.5. The summed E-state index contributed by atoms with van der Waals surface area (Å²) in [6.45, 7) is 2.01. The lowest BCUT2D eigenvalue weighted by atomic mass is 10.1. The van der Waals surface area contributed by atoms with E-state index >= 15 is 0 Å². The minimum atomic E-state index is -0.350. The van der Waals surface area contributed by atoms with E-state index in [-0.39, 0.29) is 17.2 Å². The van der Waals surface area contributed by atoms with Gasteiger partial charge in [0.1, 0.15) is 0 Å². The van der Waals surface area contributed by atoms with Gasteiger partial charge in [0.25, 0.3) is 0 Å². The molecule has 0 aliphatic heterocycles. The second-order valence-electron chi connectivity index (χ2n) is 3.73. The number of aromatic hydroxyl groups is 1. The van der Waals surface area contributed by atoms with Gasteiger partial charge in [0.15, 0.2) is 5.75 Å². The Morgan fingerprint density at radius 3 is 2.50 bits per heavy atom. The number of aromatic nitrogens is 1. The largest absolute Gasteiger partial charge is 0.503 e. The van der Waals surface area contributed by atoms with Crippen LogP contribution in [0.15, 0.2) is 53.6 Å². The van der Waals surface area contributed by atoms with E-state index in [0.29, 0.717) is 0 Å². The molecule has 16 heavy (non-hydrogen) atoms. The summed E-state index contributed by atoms with van der Waals surface area (Å²) in [4.78, 5) is 11.1. The smallest absolute Gasteiger partial charge is 0.223 e. The maximum atomic E-state index is 11.1. The molecule has 0 amide bonds. The minimum Gasteiger partial charge on any atom is -0.503 e. The molecule has 2 aromatic rings. The molecule has 0 bridgehead atoms. The first kappa shape index (κ1) is 10.5. The van der Waals surface area contributed by atoms with E-state index in [1.165, 1.54) is 12.3 Å². The molecule has 0 fully saturated rings. The highest BCUT2D eigenvalue weighted by atomic mass is 16.3. The summed E-state index contributed by atoms with van der Waals surface area (Å²) < 4.78 is 1.81. The van der Waals surface area contributed by atoms with Gasteiger partial charge in [-0.05, 0) is 12.5 Å². The average Bonchev–Trinajstić information content (AvgIpc) is 2.33. The van der Waals surface area contributed by atoms with Gasteiger partial charge in [0.2, 0.25) is 5.43 Å². The number of nitrogens with zero attached hydrogens (tertiary/aromatic N) is 1. The van der Waals surface area contributed by atoms with Crippen LogP contribution in [0.4, 0.5) is 0 Å². The SMILES string of the molecule is CC(c1ccccc1)n1ccc(=O)c(O)c1. The van der Waals surface area contributed by atoms with Crippen molar-refractivity contribution in [1.29, 1.82) is 0 Å². The van der Waals surface area contributed by atoms with E-state index in [9.17, 15) is 9.90 Å². The van der Waals surface area contributed by atoms with Gasteiger partial charge in [-0.1, -0.05) is 30.3 Å². The average molecular weight is 215 g/mol. The molecular weight excluding hydrogens is 202 g/mol. The maximum Gasteiger partial charge on any atom is 0.223 e. The van der Waals surface area contributed by atoms with Gasteiger partial charge < -0.3 is 9.67 Å². The lowest BCUT2D eigenvalue weighted by Crippen LogP contribution is -2.10. The van der Waals surface area contributed by atoms with Crippen molar-refractivity contribution in [2.24, 2.45) is 0 Å². The minimum absolute atomic E-state index is 0.0905. The van der Waals surface area contributed by atoms with Gasteiger partial charge in [0, 0.05) is 12.3 Å². The molecule has 82 valence electrons. The van der Waals surface area contributed by atoms with Crippen LogP contribution < -0.4 is 5.43 Å². The fourth-order valence-corrected chi connectivity index (χ4v) is 1.63. The summed E-state index contributed by atoms with van der Waals surface area (Å²) in [5.74, 6) is -0.217. The van der Waals surface area contributed by atoms with Crippen molar-refractivity contribution in [1.82, 2.24) is 4.57 Å². The Bertz CT molecular complexity index is 531. The van der Waals surface area contributed by atoms with Crippen LogP contribution in [0, 0.1) is 0 Å². The first-order valence-electron chi connectivity index (χ1n) is 5.14. The topological polar surface area (TPSA) is 42.2 Å². The van der Waals surface area contributed by atoms with Crippen LogP contribution in [0.1, 0.15) is 18.5 Å². The number of benzene rings is 1. The van der Waals surface area contributed by atoms with E-state index in [4.69, 9.17) is 0 Å². The molecule has 0 radical (unpaired) electrons.